The first-order valence-corrected chi connectivity index (χ1v) is 4.87. The third-order valence-corrected chi connectivity index (χ3v) is 2.27. The SMILES string of the molecule is NCc1noc(-c2ccc(Br)cc2)n1. The van der Waals surface area contributed by atoms with Crippen molar-refractivity contribution >= 4 is 15.9 Å². The number of nitrogens with zero attached hydrogens (tertiary/aromatic N) is 2. The number of nitrogens with two attached hydrogens (primary N) is 1. The summed E-state index contributed by atoms with van der Waals surface area (Å²) in [5, 5.41) is 3.71. The Bertz CT molecular complexity index is 424. The van der Waals surface area contributed by atoms with Crippen LogP contribution in [0.5, 0.6) is 0 Å². The highest BCUT2D eigenvalue weighted by atomic mass is 79.9. The zero-order chi connectivity index (χ0) is 9.97. The fourth-order valence-corrected chi connectivity index (χ4v) is 1.31. The van der Waals surface area contributed by atoms with Gasteiger partial charge in [0.25, 0.3) is 5.89 Å². The maximum atomic E-state index is 5.37. The van der Waals surface area contributed by atoms with Crippen LogP contribution < -0.4 is 5.73 Å². The Labute approximate surface area is 89.2 Å². The molecule has 0 aliphatic rings. The van der Waals surface area contributed by atoms with Crippen molar-refractivity contribution in [3.63, 3.8) is 0 Å². The second-order valence-corrected chi connectivity index (χ2v) is 3.64. The Morgan fingerprint density at radius 1 is 1.29 bits per heavy atom. The number of halogens is 1. The predicted octanol–water partition coefficient (Wildman–Crippen LogP) is 1.96. The van der Waals surface area contributed by atoms with Crippen LogP contribution in [0.25, 0.3) is 11.5 Å². The zero-order valence-corrected chi connectivity index (χ0v) is 8.86. The number of benzene rings is 1. The van der Waals surface area contributed by atoms with Gasteiger partial charge in [-0.2, -0.15) is 4.98 Å². The molecule has 14 heavy (non-hydrogen) atoms. The third kappa shape index (κ3) is 1.83. The molecule has 1 aromatic carbocycles. The van der Waals surface area contributed by atoms with Crippen molar-refractivity contribution < 1.29 is 4.52 Å². The second-order valence-electron chi connectivity index (χ2n) is 2.73. The summed E-state index contributed by atoms with van der Waals surface area (Å²) in [5.74, 6) is 1.01. The highest BCUT2D eigenvalue weighted by molar-refractivity contribution is 9.10. The van der Waals surface area contributed by atoms with Crippen LogP contribution in [-0.4, -0.2) is 10.1 Å². The number of hydrogen-bond donors (Lipinski definition) is 1. The molecule has 2 rings (SSSR count). The van der Waals surface area contributed by atoms with Crippen LogP contribution in [-0.2, 0) is 6.54 Å². The molecule has 0 spiro atoms. The van der Waals surface area contributed by atoms with Gasteiger partial charge in [0.05, 0.1) is 6.54 Å². The van der Waals surface area contributed by atoms with Gasteiger partial charge in [-0.05, 0) is 24.3 Å². The molecular weight excluding hydrogens is 246 g/mol. The molecule has 2 N–H and O–H groups in total. The molecule has 0 radical (unpaired) electrons. The number of aromatic nitrogens is 2. The topological polar surface area (TPSA) is 64.9 Å². The summed E-state index contributed by atoms with van der Waals surface area (Å²) in [6.45, 7) is 0.292. The fourth-order valence-electron chi connectivity index (χ4n) is 1.05. The third-order valence-electron chi connectivity index (χ3n) is 1.74. The van der Waals surface area contributed by atoms with Gasteiger partial charge >= 0.3 is 0 Å². The quantitative estimate of drug-likeness (QED) is 0.889. The molecule has 1 aromatic heterocycles. The lowest BCUT2D eigenvalue weighted by Crippen LogP contribution is -1.97. The normalized spacial score (nSPS) is 10.4. The molecule has 5 heteroatoms. The first-order chi connectivity index (χ1) is 6.79. The van der Waals surface area contributed by atoms with Crippen LogP contribution in [0.3, 0.4) is 0 Å². The van der Waals surface area contributed by atoms with E-state index in [1.165, 1.54) is 0 Å². The van der Waals surface area contributed by atoms with Gasteiger partial charge in [-0.3, -0.25) is 0 Å². The summed E-state index contributed by atoms with van der Waals surface area (Å²) >= 11 is 3.35. The van der Waals surface area contributed by atoms with E-state index in [1.54, 1.807) is 0 Å². The summed E-state index contributed by atoms with van der Waals surface area (Å²) < 4.78 is 6.04. The summed E-state index contributed by atoms with van der Waals surface area (Å²) in [7, 11) is 0. The summed E-state index contributed by atoms with van der Waals surface area (Å²) in [6.07, 6.45) is 0. The minimum atomic E-state index is 0.292. The Balaban J connectivity index is 2.34. The smallest absolute Gasteiger partial charge is 0.257 e. The molecule has 0 aliphatic carbocycles. The van der Waals surface area contributed by atoms with Crippen LogP contribution in [0.4, 0.5) is 0 Å². The monoisotopic (exact) mass is 253 g/mol. The predicted molar refractivity (Wildman–Crippen MR) is 55.3 cm³/mol. The van der Waals surface area contributed by atoms with Crippen LogP contribution >= 0.6 is 15.9 Å². The molecule has 0 saturated carbocycles. The Kier molecular flexibility index (Phi) is 2.60. The standard InChI is InChI=1S/C9H8BrN3O/c10-7-3-1-6(2-4-7)9-12-8(5-11)13-14-9/h1-4H,5,11H2. The number of hydrogen-bond acceptors (Lipinski definition) is 4. The molecule has 0 aliphatic heterocycles. The zero-order valence-electron chi connectivity index (χ0n) is 7.27. The molecule has 0 atom stereocenters. The van der Waals surface area contributed by atoms with Crippen molar-refractivity contribution in [1.29, 1.82) is 0 Å². The van der Waals surface area contributed by atoms with E-state index in [0.29, 0.717) is 18.3 Å². The summed E-state index contributed by atoms with van der Waals surface area (Å²) in [6, 6.07) is 7.64. The molecular formula is C9H8BrN3O. The Morgan fingerprint density at radius 2 is 2.00 bits per heavy atom. The van der Waals surface area contributed by atoms with Gasteiger partial charge < -0.3 is 10.3 Å². The molecule has 1 heterocycles. The summed E-state index contributed by atoms with van der Waals surface area (Å²) in [4.78, 5) is 4.11. The first-order valence-electron chi connectivity index (χ1n) is 4.08. The highest BCUT2D eigenvalue weighted by Crippen LogP contribution is 2.19. The largest absolute Gasteiger partial charge is 0.334 e. The van der Waals surface area contributed by atoms with E-state index in [-0.39, 0.29) is 0 Å². The maximum absolute atomic E-state index is 5.37. The van der Waals surface area contributed by atoms with Crippen molar-refractivity contribution in [3.8, 4) is 11.5 Å². The molecule has 0 saturated heterocycles. The van der Waals surface area contributed by atoms with Crippen LogP contribution in [0, 0.1) is 0 Å². The van der Waals surface area contributed by atoms with E-state index in [9.17, 15) is 0 Å². The van der Waals surface area contributed by atoms with E-state index < -0.39 is 0 Å². The Morgan fingerprint density at radius 3 is 2.57 bits per heavy atom. The van der Waals surface area contributed by atoms with Gasteiger partial charge in [-0.1, -0.05) is 21.1 Å². The van der Waals surface area contributed by atoms with Crippen molar-refractivity contribution in [3.05, 3.63) is 34.6 Å². The molecule has 0 amide bonds. The number of rotatable bonds is 2. The highest BCUT2D eigenvalue weighted by Gasteiger charge is 2.06. The minimum absolute atomic E-state index is 0.292. The Hall–Kier alpha value is -1.20. The van der Waals surface area contributed by atoms with Crippen molar-refractivity contribution in [2.45, 2.75) is 6.54 Å². The molecule has 4 nitrogen and oxygen atoms in total. The van der Waals surface area contributed by atoms with Gasteiger partial charge in [0.15, 0.2) is 5.82 Å². The van der Waals surface area contributed by atoms with Crippen molar-refractivity contribution in [1.82, 2.24) is 10.1 Å². The van der Waals surface area contributed by atoms with E-state index in [2.05, 4.69) is 26.1 Å². The van der Waals surface area contributed by atoms with E-state index >= 15 is 0 Å². The average Bonchev–Trinajstić information content (AvgIpc) is 2.67. The van der Waals surface area contributed by atoms with Crippen LogP contribution in [0.1, 0.15) is 5.82 Å². The molecule has 2 aromatic rings. The minimum Gasteiger partial charge on any atom is -0.334 e. The van der Waals surface area contributed by atoms with Gasteiger partial charge in [0.1, 0.15) is 0 Å². The summed E-state index contributed by atoms with van der Waals surface area (Å²) in [5.41, 5.74) is 6.26. The van der Waals surface area contributed by atoms with Gasteiger partial charge in [0, 0.05) is 10.0 Å². The molecule has 0 bridgehead atoms. The van der Waals surface area contributed by atoms with Crippen LogP contribution in [0.2, 0.25) is 0 Å². The first kappa shape index (κ1) is 9.36. The molecule has 0 unspecified atom stereocenters. The lowest BCUT2D eigenvalue weighted by Gasteiger charge is -1.92. The molecule has 0 fully saturated rings. The van der Waals surface area contributed by atoms with Crippen LogP contribution in [0.15, 0.2) is 33.3 Å². The molecule has 72 valence electrons. The lowest BCUT2D eigenvalue weighted by molar-refractivity contribution is 0.423. The maximum Gasteiger partial charge on any atom is 0.257 e. The lowest BCUT2D eigenvalue weighted by atomic mass is 10.2. The fraction of sp³-hybridized carbons (Fsp3) is 0.111. The van der Waals surface area contributed by atoms with Gasteiger partial charge in [0.2, 0.25) is 0 Å². The average molecular weight is 254 g/mol. The van der Waals surface area contributed by atoms with E-state index in [0.717, 1.165) is 10.0 Å². The van der Waals surface area contributed by atoms with E-state index in [1.807, 2.05) is 24.3 Å². The van der Waals surface area contributed by atoms with E-state index in [4.69, 9.17) is 10.3 Å². The van der Waals surface area contributed by atoms with Crippen molar-refractivity contribution in [2.75, 3.05) is 0 Å². The van der Waals surface area contributed by atoms with Crippen molar-refractivity contribution in [2.24, 2.45) is 5.73 Å². The second kappa shape index (κ2) is 3.89. The van der Waals surface area contributed by atoms with Gasteiger partial charge in [-0.15, -0.1) is 0 Å². The van der Waals surface area contributed by atoms with Gasteiger partial charge in [-0.25, -0.2) is 0 Å².